The first-order valence-electron chi connectivity index (χ1n) is 5.35. The van der Waals surface area contributed by atoms with E-state index in [9.17, 15) is 4.39 Å². The van der Waals surface area contributed by atoms with Crippen molar-refractivity contribution >= 4 is 15.9 Å². The van der Waals surface area contributed by atoms with Crippen LogP contribution in [0, 0.1) is 5.82 Å². The van der Waals surface area contributed by atoms with Gasteiger partial charge in [0.05, 0.1) is 13.3 Å². The lowest BCUT2D eigenvalue weighted by Gasteiger charge is -2.21. The van der Waals surface area contributed by atoms with Gasteiger partial charge in [-0.2, -0.15) is 0 Å². The van der Waals surface area contributed by atoms with Gasteiger partial charge in [-0.25, -0.2) is 9.37 Å². The molecule has 0 saturated heterocycles. The largest absolute Gasteiger partial charge is 0.494 e. The zero-order valence-corrected chi connectivity index (χ0v) is 11.1. The third-order valence-electron chi connectivity index (χ3n) is 2.92. The van der Waals surface area contributed by atoms with Gasteiger partial charge in [-0.3, -0.25) is 0 Å². The summed E-state index contributed by atoms with van der Waals surface area (Å²) in [4.78, 5) is 4.09. The molecule has 2 heterocycles. The summed E-state index contributed by atoms with van der Waals surface area (Å²) in [5, 5.41) is 0. The lowest BCUT2D eigenvalue weighted by atomic mass is 9.97. The standard InChI is InChI=1S/C13H9BrFNO2/c1-17-10-3-2-7-8-4-12(14)16-5-11(8)18-6-9(7)13(10)15/h2-5H,6H2,1H3. The Morgan fingerprint density at radius 1 is 1.39 bits per heavy atom. The van der Waals surface area contributed by atoms with E-state index in [4.69, 9.17) is 9.47 Å². The van der Waals surface area contributed by atoms with Gasteiger partial charge in [-0.15, -0.1) is 0 Å². The Bertz CT molecular complexity index is 631. The zero-order valence-electron chi connectivity index (χ0n) is 9.54. The topological polar surface area (TPSA) is 31.4 Å². The second-order valence-electron chi connectivity index (χ2n) is 3.90. The Kier molecular flexibility index (Phi) is 2.70. The van der Waals surface area contributed by atoms with Gasteiger partial charge in [-0.05, 0) is 39.7 Å². The van der Waals surface area contributed by atoms with Crippen molar-refractivity contribution in [2.24, 2.45) is 0 Å². The lowest BCUT2D eigenvalue weighted by Crippen LogP contribution is -2.09. The number of halogens is 2. The lowest BCUT2D eigenvalue weighted by molar-refractivity contribution is 0.290. The van der Waals surface area contributed by atoms with Crippen LogP contribution in [-0.2, 0) is 6.61 Å². The van der Waals surface area contributed by atoms with Crippen molar-refractivity contribution in [3.05, 3.63) is 40.4 Å². The van der Waals surface area contributed by atoms with Crippen LogP contribution in [0.1, 0.15) is 5.56 Å². The van der Waals surface area contributed by atoms with E-state index in [1.54, 1.807) is 12.3 Å². The smallest absolute Gasteiger partial charge is 0.172 e. The molecule has 2 aromatic rings. The molecule has 0 spiro atoms. The normalized spacial score (nSPS) is 12.4. The van der Waals surface area contributed by atoms with Gasteiger partial charge in [0.25, 0.3) is 0 Å². The third kappa shape index (κ3) is 1.66. The Balaban J connectivity index is 2.25. The Morgan fingerprint density at radius 3 is 3.00 bits per heavy atom. The van der Waals surface area contributed by atoms with Crippen molar-refractivity contribution in [2.45, 2.75) is 6.61 Å². The van der Waals surface area contributed by atoms with E-state index in [0.717, 1.165) is 11.1 Å². The molecule has 18 heavy (non-hydrogen) atoms. The molecule has 0 unspecified atom stereocenters. The van der Waals surface area contributed by atoms with E-state index < -0.39 is 0 Å². The van der Waals surface area contributed by atoms with Crippen LogP contribution in [0.2, 0.25) is 0 Å². The molecule has 0 amide bonds. The van der Waals surface area contributed by atoms with Crippen LogP contribution >= 0.6 is 15.9 Å². The highest BCUT2D eigenvalue weighted by Crippen LogP contribution is 2.40. The molecule has 0 bridgehead atoms. The van der Waals surface area contributed by atoms with E-state index in [-0.39, 0.29) is 18.2 Å². The van der Waals surface area contributed by atoms with Gasteiger partial charge in [0.1, 0.15) is 17.0 Å². The predicted molar refractivity (Wildman–Crippen MR) is 68.2 cm³/mol. The van der Waals surface area contributed by atoms with Crippen LogP contribution in [0.4, 0.5) is 4.39 Å². The highest BCUT2D eigenvalue weighted by Gasteiger charge is 2.23. The van der Waals surface area contributed by atoms with Crippen molar-refractivity contribution in [3.63, 3.8) is 0 Å². The Hall–Kier alpha value is -1.62. The summed E-state index contributed by atoms with van der Waals surface area (Å²) in [6.45, 7) is 0.189. The van der Waals surface area contributed by atoms with E-state index in [2.05, 4.69) is 20.9 Å². The van der Waals surface area contributed by atoms with Crippen LogP contribution < -0.4 is 9.47 Å². The molecule has 0 N–H and O–H groups in total. The summed E-state index contributed by atoms with van der Waals surface area (Å²) in [6.07, 6.45) is 1.63. The molecule has 1 aromatic heterocycles. The van der Waals surface area contributed by atoms with Crippen molar-refractivity contribution in [2.75, 3.05) is 7.11 Å². The average molecular weight is 310 g/mol. The van der Waals surface area contributed by atoms with Gasteiger partial charge in [0.2, 0.25) is 0 Å². The van der Waals surface area contributed by atoms with Crippen LogP contribution in [-0.4, -0.2) is 12.1 Å². The Morgan fingerprint density at radius 2 is 2.22 bits per heavy atom. The van der Waals surface area contributed by atoms with Gasteiger partial charge >= 0.3 is 0 Å². The minimum absolute atomic E-state index is 0.189. The maximum atomic E-state index is 14.1. The molecule has 3 nitrogen and oxygen atoms in total. The molecule has 0 fully saturated rings. The van der Waals surface area contributed by atoms with E-state index in [1.165, 1.54) is 7.11 Å². The molecule has 0 saturated carbocycles. The fourth-order valence-corrected chi connectivity index (χ4v) is 2.37. The van der Waals surface area contributed by atoms with Crippen LogP contribution in [0.15, 0.2) is 29.0 Å². The van der Waals surface area contributed by atoms with Gasteiger partial charge < -0.3 is 9.47 Å². The summed E-state index contributed by atoms with van der Waals surface area (Å²) >= 11 is 3.30. The first-order valence-corrected chi connectivity index (χ1v) is 6.14. The van der Waals surface area contributed by atoms with E-state index >= 15 is 0 Å². The second-order valence-corrected chi connectivity index (χ2v) is 4.71. The predicted octanol–water partition coefficient (Wildman–Crippen LogP) is 3.55. The second kappa shape index (κ2) is 4.24. The summed E-state index contributed by atoms with van der Waals surface area (Å²) in [5.74, 6) is 0.526. The van der Waals surface area contributed by atoms with Crippen LogP contribution in [0.5, 0.6) is 11.5 Å². The number of ether oxygens (including phenoxy) is 2. The van der Waals surface area contributed by atoms with Crippen molar-refractivity contribution in [1.82, 2.24) is 4.98 Å². The number of nitrogens with zero attached hydrogens (tertiary/aromatic N) is 1. The van der Waals surface area contributed by atoms with Crippen molar-refractivity contribution in [1.29, 1.82) is 0 Å². The van der Waals surface area contributed by atoms with Gasteiger partial charge in [0, 0.05) is 11.1 Å². The minimum Gasteiger partial charge on any atom is -0.494 e. The first kappa shape index (κ1) is 11.5. The van der Waals surface area contributed by atoms with E-state index in [0.29, 0.717) is 15.9 Å². The molecular formula is C13H9BrFNO2. The van der Waals surface area contributed by atoms with Crippen LogP contribution in [0.25, 0.3) is 11.1 Å². The number of hydrogen-bond donors (Lipinski definition) is 0. The molecule has 0 aliphatic carbocycles. The molecule has 1 aliphatic rings. The number of rotatable bonds is 1. The van der Waals surface area contributed by atoms with Crippen LogP contribution in [0.3, 0.4) is 0 Å². The quantitative estimate of drug-likeness (QED) is 0.755. The number of fused-ring (bicyclic) bond motifs is 3. The molecule has 0 radical (unpaired) electrons. The number of pyridine rings is 1. The molecule has 5 heteroatoms. The number of hydrogen-bond acceptors (Lipinski definition) is 3. The summed E-state index contributed by atoms with van der Waals surface area (Å²) < 4.78 is 25.3. The van der Waals surface area contributed by atoms with Crippen molar-refractivity contribution in [3.8, 4) is 22.6 Å². The fourth-order valence-electron chi connectivity index (χ4n) is 2.04. The number of benzene rings is 1. The Labute approximate surface area is 112 Å². The maximum Gasteiger partial charge on any atom is 0.172 e. The summed E-state index contributed by atoms with van der Waals surface area (Å²) in [7, 11) is 1.45. The molecule has 1 aromatic carbocycles. The number of methoxy groups -OCH3 is 1. The summed E-state index contributed by atoms with van der Waals surface area (Å²) in [5.41, 5.74) is 2.16. The van der Waals surface area contributed by atoms with E-state index in [1.807, 2.05) is 12.1 Å². The SMILES string of the molecule is COc1ccc2c(c1F)COc1cnc(Br)cc1-2. The van der Waals surface area contributed by atoms with Gasteiger partial charge in [-0.1, -0.05) is 0 Å². The molecule has 1 aliphatic heterocycles. The monoisotopic (exact) mass is 309 g/mol. The maximum absolute atomic E-state index is 14.1. The van der Waals surface area contributed by atoms with Crippen molar-refractivity contribution < 1.29 is 13.9 Å². The first-order chi connectivity index (χ1) is 8.70. The molecule has 92 valence electrons. The minimum atomic E-state index is -0.367. The van der Waals surface area contributed by atoms with Gasteiger partial charge in [0.15, 0.2) is 11.6 Å². The average Bonchev–Trinajstić information content (AvgIpc) is 2.39. The molecule has 0 atom stereocenters. The number of aromatic nitrogens is 1. The third-order valence-corrected chi connectivity index (χ3v) is 3.36. The molecular weight excluding hydrogens is 301 g/mol. The summed E-state index contributed by atoms with van der Waals surface area (Å²) in [6, 6.07) is 5.28. The zero-order chi connectivity index (χ0) is 12.7. The fraction of sp³-hybridized carbons (Fsp3) is 0.154. The highest BCUT2D eigenvalue weighted by molar-refractivity contribution is 9.10. The highest BCUT2D eigenvalue weighted by atomic mass is 79.9. The molecule has 3 rings (SSSR count).